The van der Waals surface area contributed by atoms with Gasteiger partial charge in [0.25, 0.3) is 5.91 Å². The number of nitrogens with zero attached hydrogens (tertiary/aromatic N) is 2. The number of aryl methyl sites for hydroxylation is 1. The maximum absolute atomic E-state index is 13.5. The first kappa shape index (κ1) is 19.2. The van der Waals surface area contributed by atoms with Gasteiger partial charge in [-0.3, -0.25) is 9.59 Å². The summed E-state index contributed by atoms with van der Waals surface area (Å²) in [4.78, 5) is 28.5. The van der Waals surface area contributed by atoms with Crippen molar-refractivity contribution in [2.45, 2.75) is 18.5 Å². The van der Waals surface area contributed by atoms with E-state index in [0.29, 0.717) is 17.9 Å². The van der Waals surface area contributed by atoms with Gasteiger partial charge < -0.3 is 19.2 Å². The molecule has 2 aromatic carbocycles. The van der Waals surface area contributed by atoms with Crippen LogP contribution in [0.15, 0.2) is 77.5 Å². The highest BCUT2D eigenvalue weighted by molar-refractivity contribution is 6.02. The van der Waals surface area contributed by atoms with Crippen LogP contribution in [0.25, 0.3) is 10.9 Å². The minimum absolute atomic E-state index is 0.0800. The van der Waals surface area contributed by atoms with Crippen molar-refractivity contribution in [3.63, 3.8) is 0 Å². The van der Waals surface area contributed by atoms with E-state index >= 15 is 0 Å². The number of amides is 2. The van der Waals surface area contributed by atoms with Crippen molar-refractivity contribution < 1.29 is 14.0 Å². The van der Waals surface area contributed by atoms with Crippen LogP contribution in [0.5, 0.6) is 0 Å². The van der Waals surface area contributed by atoms with Crippen LogP contribution in [0.3, 0.4) is 0 Å². The van der Waals surface area contributed by atoms with Crippen LogP contribution in [-0.2, 0) is 18.4 Å². The first-order chi connectivity index (χ1) is 15.1. The summed E-state index contributed by atoms with van der Waals surface area (Å²) >= 11 is 0. The lowest BCUT2D eigenvalue weighted by Gasteiger charge is -2.39. The predicted octanol–water partition coefficient (Wildman–Crippen LogP) is 4.00. The Morgan fingerprint density at radius 2 is 1.77 bits per heavy atom. The number of likely N-dealkylation sites (N-methyl/N-ethyl adjacent to an activating group) is 1. The lowest BCUT2D eigenvalue weighted by molar-refractivity contribution is -0.124. The zero-order valence-electron chi connectivity index (χ0n) is 17.4. The van der Waals surface area contributed by atoms with E-state index in [1.54, 1.807) is 30.3 Å². The Morgan fingerprint density at radius 3 is 2.58 bits per heavy atom. The molecule has 0 radical (unpaired) electrons. The zero-order chi connectivity index (χ0) is 21.5. The largest absolute Gasteiger partial charge is 0.467 e. The molecule has 0 bridgehead atoms. The van der Waals surface area contributed by atoms with Gasteiger partial charge in [0, 0.05) is 42.3 Å². The fourth-order valence-electron chi connectivity index (χ4n) is 4.65. The van der Waals surface area contributed by atoms with Crippen LogP contribution in [0, 0.1) is 0 Å². The molecule has 1 aliphatic rings. The average Bonchev–Trinajstić information content (AvgIpc) is 3.43. The molecular formula is C25H23N3O3. The molecule has 4 aromatic rings. The number of furan rings is 1. The average molecular weight is 413 g/mol. The summed E-state index contributed by atoms with van der Waals surface area (Å²) < 4.78 is 7.41. The number of rotatable bonds is 4. The second-order valence-corrected chi connectivity index (χ2v) is 7.94. The number of aromatic nitrogens is 1. The third-order valence-electron chi connectivity index (χ3n) is 6.13. The molecule has 1 N–H and O–H groups in total. The van der Waals surface area contributed by atoms with Crippen LogP contribution < -0.4 is 5.32 Å². The first-order valence-electron chi connectivity index (χ1n) is 10.3. The number of para-hydroxylation sites is 1. The number of benzene rings is 2. The van der Waals surface area contributed by atoms with Gasteiger partial charge in [-0.25, -0.2) is 0 Å². The SMILES string of the molecule is CN1C(=O)c2ccccc2C(C(=O)NCc2ccco2)C1c1cn(C)c2ccccc12. The van der Waals surface area contributed by atoms with Gasteiger partial charge >= 0.3 is 0 Å². The standard InChI is InChI=1S/C25H23N3O3/c1-27-15-20(17-9-5-6-12-21(17)27)23-22(24(29)26-14-16-8-7-13-31-16)18-10-3-4-11-19(18)25(30)28(23)2/h3-13,15,22-23H,14H2,1-2H3,(H,26,29). The van der Waals surface area contributed by atoms with Gasteiger partial charge in [-0.05, 0) is 29.8 Å². The van der Waals surface area contributed by atoms with Crippen LogP contribution >= 0.6 is 0 Å². The van der Waals surface area contributed by atoms with E-state index in [0.717, 1.165) is 22.0 Å². The number of fused-ring (bicyclic) bond motifs is 2. The minimum Gasteiger partial charge on any atom is -0.467 e. The molecule has 156 valence electrons. The molecule has 0 aliphatic carbocycles. The summed E-state index contributed by atoms with van der Waals surface area (Å²) in [6, 6.07) is 18.6. The van der Waals surface area contributed by atoms with E-state index in [-0.39, 0.29) is 11.8 Å². The van der Waals surface area contributed by atoms with Crippen molar-refractivity contribution in [3.05, 3.63) is 95.6 Å². The molecule has 31 heavy (non-hydrogen) atoms. The molecule has 6 heteroatoms. The van der Waals surface area contributed by atoms with Crippen molar-refractivity contribution in [2.24, 2.45) is 7.05 Å². The highest BCUT2D eigenvalue weighted by Crippen LogP contribution is 2.44. The summed E-state index contributed by atoms with van der Waals surface area (Å²) in [6.07, 6.45) is 3.61. The Balaban J connectivity index is 1.63. The molecule has 1 aliphatic heterocycles. The fraction of sp³-hybridized carbons (Fsp3) is 0.200. The minimum atomic E-state index is -0.542. The Bertz CT molecular complexity index is 1270. The lowest BCUT2D eigenvalue weighted by atomic mass is 9.79. The van der Waals surface area contributed by atoms with Crippen molar-refractivity contribution >= 4 is 22.7 Å². The van der Waals surface area contributed by atoms with E-state index < -0.39 is 12.0 Å². The van der Waals surface area contributed by atoms with E-state index in [1.807, 2.05) is 66.3 Å². The quantitative estimate of drug-likeness (QED) is 0.550. The Kier molecular flexibility index (Phi) is 4.62. The van der Waals surface area contributed by atoms with Gasteiger partial charge in [-0.1, -0.05) is 36.4 Å². The summed E-state index contributed by atoms with van der Waals surface area (Å²) in [7, 11) is 3.76. The van der Waals surface area contributed by atoms with Gasteiger partial charge in [0.15, 0.2) is 0 Å². The smallest absolute Gasteiger partial charge is 0.254 e. The van der Waals surface area contributed by atoms with Crippen LogP contribution in [-0.4, -0.2) is 28.3 Å². The number of hydrogen-bond acceptors (Lipinski definition) is 3. The number of carbonyl (C=O) groups is 2. The fourth-order valence-corrected chi connectivity index (χ4v) is 4.65. The number of carbonyl (C=O) groups excluding carboxylic acids is 2. The molecule has 2 aromatic heterocycles. The first-order valence-corrected chi connectivity index (χ1v) is 10.3. The highest BCUT2D eigenvalue weighted by atomic mass is 16.3. The molecule has 0 spiro atoms. The third-order valence-corrected chi connectivity index (χ3v) is 6.13. The lowest BCUT2D eigenvalue weighted by Crippen LogP contribution is -2.45. The van der Waals surface area contributed by atoms with Crippen molar-refractivity contribution in [1.82, 2.24) is 14.8 Å². The predicted molar refractivity (Wildman–Crippen MR) is 117 cm³/mol. The van der Waals surface area contributed by atoms with Crippen molar-refractivity contribution in [3.8, 4) is 0 Å². The maximum Gasteiger partial charge on any atom is 0.254 e. The van der Waals surface area contributed by atoms with Gasteiger partial charge in [-0.2, -0.15) is 0 Å². The van der Waals surface area contributed by atoms with Crippen LogP contribution in [0.2, 0.25) is 0 Å². The molecule has 5 rings (SSSR count). The molecule has 6 nitrogen and oxygen atoms in total. The van der Waals surface area contributed by atoms with Crippen molar-refractivity contribution in [2.75, 3.05) is 7.05 Å². The second kappa shape index (κ2) is 7.47. The van der Waals surface area contributed by atoms with Crippen LogP contribution in [0.4, 0.5) is 0 Å². The highest BCUT2D eigenvalue weighted by Gasteiger charge is 2.43. The Morgan fingerprint density at radius 1 is 1.00 bits per heavy atom. The normalized spacial score (nSPS) is 18.3. The van der Waals surface area contributed by atoms with Gasteiger partial charge in [0.05, 0.1) is 24.8 Å². The Hall–Kier alpha value is -3.80. The number of hydrogen-bond donors (Lipinski definition) is 1. The van der Waals surface area contributed by atoms with E-state index in [1.165, 1.54) is 0 Å². The molecule has 0 fully saturated rings. The van der Waals surface area contributed by atoms with Gasteiger partial charge in [0.1, 0.15) is 5.76 Å². The maximum atomic E-state index is 13.5. The molecule has 2 unspecified atom stereocenters. The Labute approximate surface area is 180 Å². The summed E-state index contributed by atoms with van der Waals surface area (Å²) in [6.45, 7) is 0.296. The monoisotopic (exact) mass is 413 g/mol. The molecule has 0 saturated carbocycles. The van der Waals surface area contributed by atoms with Crippen molar-refractivity contribution in [1.29, 1.82) is 0 Å². The summed E-state index contributed by atoms with van der Waals surface area (Å²) in [5.41, 5.74) is 3.34. The molecular weight excluding hydrogens is 390 g/mol. The molecule has 3 heterocycles. The van der Waals surface area contributed by atoms with Crippen LogP contribution in [0.1, 0.15) is 39.2 Å². The third kappa shape index (κ3) is 3.11. The number of nitrogens with one attached hydrogen (secondary N) is 1. The summed E-state index contributed by atoms with van der Waals surface area (Å²) in [5.74, 6) is -0.0759. The van der Waals surface area contributed by atoms with E-state index in [2.05, 4.69) is 5.32 Å². The van der Waals surface area contributed by atoms with Gasteiger partial charge in [-0.15, -0.1) is 0 Å². The van der Waals surface area contributed by atoms with E-state index in [9.17, 15) is 9.59 Å². The summed E-state index contributed by atoms with van der Waals surface area (Å²) in [5, 5.41) is 4.05. The topological polar surface area (TPSA) is 67.5 Å². The molecule has 0 saturated heterocycles. The molecule has 2 atom stereocenters. The zero-order valence-corrected chi connectivity index (χ0v) is 17.4. The molecule has 2 amide bonds. The van der Waals surface area contributed by atoms with E-state index in [4.69, 9.17) is 4.42 Å². The van der Waals surface area contributed by atoms with Gasteiger partial charge in [0.2, 0.25) is 5.91 Å². The second-order valence-electron chi connectivity index (χ2n) is 7.94.